The number of anilines is 2. The molecule has 0 aliphatic heterocycles. The van der Waals surface area contributed by atoms with Crippen molar-refractivity contribution in [3.63, 3.8) is 0 Å². The fraction of sp³-hybridized carbons (Fsp3) is 0.200. The molecule has 1 amide bonds. The van der Waals surface area contributed by atoms with E-state index in [1.165, 1.54) is 0 Å². The number of carbonyl (C=O) groups excluding carboxylic acids is 1. The highest BCUT2D eigenvalue weighted by atomic mass is 16.5. The number of ether oxygens (including phenoxy) is 3. The minimum absolute atomic E-state index is 0.238. The molecule has 2 aromatic carbocycles. The lowest BCUT2D eigenvalue weighted by atomic mass is 10.2. The van der Waals surface area contributed by atoms with Crippen molar-refractivity contribution in [3.8, 4) is 29.0 Å². The summed E-state index contributed by atoms with van der Waals surface area (Å²) in [7, 11) is 4.65. The van der Waals surface area contributed by atoms with Crippen molar-refractivity contribution >= 4 is 28.6 Å². The molecule has 2 aromatic heterocycles. The van der Waals surface area contributed by atoms with Gasteiger partial charge in [-0.2, -0.15) is 10.2 Å². The molecule has 0 saturated heterocycles. The van der Waals surface area contributed by atoms with Crippen molar-refractivity contribution in [1.29, 1.82) is 5.26 Å². The molecule has 4 rings (SSSR count). The van der Waals surface area contributed by atoms with Crippen LogP contribution in [0.2, 0.25) is 0 Å². The largest absolute Gasteiger partial charge is 0.493 e. The number of rotatable bonds is 9. The molecule has 2 N–H and O–H groups in total. The van der Waals surface area contributed by atoms with Crippen LogP contribution in [0.4, 0.5) is 11.6 Å². The van der Waals surface area contributed by atoms with Gasteiger partial charge in [0.1, 0.15) is 5.65 Å². The molecule has 0 aliphatic rings. The number of hydrogen-bond acceptors (Lipinski definition) is 8. The predicted molar refractivity (Wildman–Crippen MR) is 131 cm³/mol. The Morgan fingerprint density at radius 2 is 1.86 bits per heavy atom. The lowest BCUT2D eigenvalue weighted by molar-refractivity contribution is 0.0954. The highest BCUT2D eigenvalue weighted by Gasteiger charge is 2.15. The summed E-state index contributed by atoms with van der Waals surface area (Å²) in [6, 6.07) is 14.6. The summed E-state index contributed by atoms with van der Waals surface area (Å²) >= 11 is 0. The molecule has 0 saturated carbocycles. The maximum Gasteiger partial charge on any atom is 0.251 e. The molecular weight excluding hydrogens is 448 g/mol. The Morgan fingerprint density at radius 3 is 2.54 bits per heavy atom. The summed E-state index contributed by atoms with van der Waals surface area (Å²) in [6.07, 6.45) is 3.85. The van der Waals surface area contributed by atoms with E-state index >= 15 is 0 Å². The number of hydrogen-bond donors (Lipinski definition) is 2. The summed E-state index contributed by atoms with van der Waals surface area (Å²) in [6.45, 7) is 0.301. The van der Waals surface area contributed by atoms with Crippen molar-refractivity contribution < 1.29 is 19.0 Å². The first kappa shape index (κ1) is 23.4. The second-order valence-corrected chi connectivity index (χ2v) is 7.41. The SMILES string of the molecule is COc1cc(Nc2ncc3ccn(-c4cccc(C(=O)NCCC#N)c4)c3n2)cc(OC)c1OC. The van der Waals surface area contributed by atoms with Gasteiger partial charge in [-0.1, -0.05) is 6.07 Å². The first-order chi connectivity index (χ1) is 17.1. The Labute approximate surface area is 202 Å². The average Bonchev–Trinajstić information content (AvgIpc) is 3.31. The first-order valence-corrected chi connectivity index (χ1v) is 10.7. The topological polar surface area (TPSA) is 123 Å². The van der Waals surface area contributed by atoms with Crippen LogP contribution in [0, 0.1) is 11.3 Å². The summed E-state index contributed by atoms with van der Waals surface area (Å²) in [4.78, 5) is 21.5. The van der Waals surface area contributed by atoms with E-state index in [9.17, 15) is 4.79 Å². The van der Waals surface area contributed by atoms with Crippen molar-refractivity contribution in [1.82, 2.24) is 19.9 Å². The Hall–Kier alpha value is -4.78. The maximum atomic E-state index is 12.4. The molecule has 2 heterocycles. The van der Waals surface area contributed by atoms with Crippen LogP contribution in [0.15, 0.2) is 54.9 Å². The molecule has 0 aliphatic carbocycles. The van der Waals surface area contributed by atoms with Crippen molar-refractivity contribution in [2.24, 2.45) is 0 Å². The fourth-order valence-corrected chi connectivity index (χ4v) is 3.60. The number of aromatic nitrogens is 3. The molecule has 35 heavy (non-hydrogen) atoms. The number of carbonyl (C=O) groups is 1. The van der Waals surface area contributed by atoms with E-state index in [1.54, 1.807) is 57.9 Å². The van der Waals surface area contributed by atoms with Crippen LogP contribution < -0.4 is 24.8 Å². The summed E-state index contributed by atoms with van der Waals surface area (Å²) in [5, 5.41) is 15.4. The predicted octanol–water partition coefficient (Wildman–Crippen LogP) is 3.83. The highest BCUT2D eigenvalue weighted by molar-refractivity contribution is 5.95. The molecule has 0 fully saturated rings. The quantitative estimate of drug-likeness (QED) is 0.352. The number of nitrogens with one attached hydrogen (secondary N) is 2. The van der Waals surface area contributed by atoms with E-state index in [2.05, 4.69) is 20.6 Å². The Bertz CT molecular complexity index is 1380. The van der Waals surface area contributed by atoms with Crippen LogP contribution in [0.3, 0.4) is 0 Å². The van der Waals surface area contributed by atoms with Crippen molar-refractivity contribution in [2.75, 3.05) is 33.2 Å². The van der Waals surface area contributed by atoms with Gasteiger partial charge in [0.2, 0.25) is 11.7 Å². The standard InChI is InChI=1S/C25H24N6O4/c1-33-20-13-18(14-21(34-2)22(20)35-3)29-25-28-15-17-8-11-31(23(17)30-25)19-7-4-6-16(12-19)24(32)27-10-5-9-26/h4,6-8,11-15H,5,10H2,1-3H3,(H,27,32)(H,28,29,30). The van der Waals surface area contributed by atoms with Gasteiger partial charge in [-0.05, 0) is 24.3 Å². The van der Waals surface area contributed by atoms with Crippen molar-refractivity contribution in [2.45, 2.75) is 6.42 Å². The molecule has 0 unspecified atom stereocenters. The van der Waals surface area contributed by atoms with Gasteiger partial charge in [0.05, 0.1) is 33.8 Å². The monoisotopic (exact) mass is 472 g/mol. The van der Waals surface area contributed by atoms with Gasteiger partial charge in [-0.25, -0.2) is 4.98 Å². The van der Waals surface area contributed by atoms with E-state index in [1.807, 2.05) is 29.0 Å². The van der Waals surface area contributed by atoms with Gasteiger partial charge in [0.15, 0.2) is 11.5 Å². The lowest BCUT2D eigenvalue weighted by Crippen LogP contribution is -2.24. The molecule has 4 aromatic rings. The van der Waals surface area contributed by atoms with Gasteiger partial charge in [0, 0.05) is 53.4 Å². The number of benzene rings is 2. The molecule has 0 spiro atoms. The van der Waals surface area contributed by atoms with E-state index in [0.29, 0.717) is 46.6 Å². The van der Waals surface area contributed by atoms with E-state index in [4.69, 9.17) is 19.5 Å². The van der Waals surface area contributed by atoms with Crippen LogP contribution in [-0.2, 0) is 0 Å². The van der Waals surface area contributed by atoms with Crippen LogP contribution >= 0.6 is 0 Å². The molecular formula is C25H24N6O4. The van der Waals surface area contributed by atoms with Gasteiger partial charge in [0.25, 0.3) is 5.91 Å². The van der Waals surface area contributed by atoms with Gasteiger partial charge in [-0.3, -0.25) is 4.79 Å². The second kappa shape index (κ2) is 10.4. The van der Waals surface area contributed by atoms with E-state index in [0.717, 1.165) is 11.1 Å². The first-order valence-electron chi connectivity index (χ1n) is 10.7. The molecule has 10 heteroatoms. The van der Waals surface area contributed by atoms with Gasteiger partial charge >= 0.3 is 0 Å². The number of nitrogens with zero attached hydrogens (tertiary/aromatic N) is 4. The number of nitriles is 1. The van der Waals surface area contributed by atoms with E-state index < -0.39 is 0 Å². The minimum atomic E-state index is -0.238. The molecule has 0 atom stereocenters. The van der Waals surface area contributed by atoms with Crippen molar-refractivity contribution in [3.05, 3.63) is 60.4 Å². The van der Waals surface area contributed by atoms with Crippen LogP contribution in [0.5, 0.6) is 17.2 Å². The Balaban J connectivity index is 1.65. The van der Waals surface area contributed by atoms with Gasteiger partial charge < -0.3 is 29.4 Å². The molecule has 0 radical (unpaired) electrons. The summed E-state index contributed by atoms with van der Waals surface area (Å²) in [5.74, 6) is 1.63. The Morgan fingerprint density at radius 1 is 1.09 bits per heavy atom. The normalized spacial score (nSPS) is 10.5. The minimum Gasteiger partial charge on any atom is -0.493 e. The summed E-state index contributed by atoms with van der Waals surface area (Å²) < 4.78 is 18.1. The van der Waals surface area contributed by atoms with Crippen LogP contribution in [0.1, 0.15) is 16.8 Å². The Kier molecular flexibility index (Phi) is 6.97. The van der Waals surface area contributed by atoms with E-state index in [-0.39, 0.29) is 12.3 Å². The zero-order chi connectivity index (χ0) is 24.8. The second-order valence-electron chi connectivity index (χ2n) is 7.41. The third kappa shape index (κ3) is 4.94. The average molecular weight is 473 g/mol. The number of methoxy groups -OCH3 is 3. The van der Waals surface area contributed by atoms with Crippen LogP contribution in [0.25, 0.3) is 16.7 Å². The lowest BCUT2D eigenvalue weighted by Gasteiger charge is -2.14. The zero-order valence-corrected chi connectivity index (χ0v) is 19.5. The third-order valence-electron chi connectivity index (χ3n) is 5.26. The van der Waals surface area contributed by atoms with Crippen LogP contribution in [-0.4, -0.2) is 48.3 Å². The summed E-state index contributed by atoms with van der Waals surface area (Å²) in [5.41, 5.74) is 2.59. The molecule has 178 valence electrons. The number of amides is 1. The molecule has 10 nitrogen and oxygen atoms in total. The maximum absolute atomic E-state index is 12.4. The van der Waals surface area contributed by atoms with Gasteiger partial charge in [-0.15, -0.1) is 0 Å². The third-order valence-corrected chi connectivity index (χ3v) is 5.26. The number of fused-ring (bicyclic) bond motifs is 1. The fourth-order valence-electron chi connectivity index (χ4n) is 3.60. The molecule has 0 bridgehead atoms. The highest BCUT2D eigenvalue weighted by Crippen LogP contribution is 2.40. The smallest absolute Gasteiger partial charge is 0.251 e. The zero-order valence-electron chi connectivity index (χ0n) is 19.5.